The van der Waals surface area contributed by atoms with E-state index < -0.39 is 0 Å². The normalized spacial score (nSPS) is 23.7. The zero-order valence-corrected chi connectivity index (χ0v) is 14.2. The van der Waals surface area contributed by atoms with E-state index in [1.54, 1.807) is 0 Å². The highest BCUT2D eigenvalue weighted by Crippen LogP contribution is 2.34. The van der Waals surface area contributed by atoms with Crippen molar-refractivity contribution in [1.29, 1.82) is 0 Å². The molecule has 1 heterocycles. The Kier molecular flexibility index (Phi) is 5.15. The predicted octanol–water partition coefficient (Wildman–Crippen LogP) is 4.24. The summed E-state index contributed by atoms with van der Waals surface area (Å²) in [5.41, 5.74) is 2.34. The fourth-order valence-electron chi connectivity index (χ4n) is 2.81. The number of piperidine rings is 1. The summed E-state index contributed by atoms with van der Waals surface area (Å²) in [7, 11) is 0. The van der Waals surface area contributed by atoms with Crippen molar-refractivity contribution in [3.63, 3.8) is 0 Å². The molecule has 0 amide bonds. The lowest BCUT2D eigenvalue weighted by Gasteiger charge is -2.39. The Morgan fingerprint density at radius 2 is 2.21 bits per heavy atom. The molecule has 0 bridgehead atoms. The van der Waals surface area contributed by atoms with Gasteiger partial charge in [0.15, 0.2) is 0 Å². The lowest BCUT2D eigenvalue weighted by molar-refractivity contribution is 0.326. The quantitative estimate of drug-likeness (QED) is 0.881. The smallest absolute Gasteiger partial charge is 0.0525 e. The maximum Gasteiger partial charge on any atom is 0.0525 e. The molecule has 1 aromatic carbocycles. The zero-order chi connectivity index (χ0) is 14.0. The minimum absolute atomic E-state index is 0.640. The number of anilines is 1. The largest absolute Gasteiger partial charge is 0.370 e. The van der Waals surface area contributed by atoms with Crippen LogP contribution in [0.2, 0.25) is 5.02 Å². The van der Waals surface area contributed by atoms with Gasteiger partial charge in [-0.2, -0.15) is 0 Å². The Morgan fingerprint density at radius 3 is 2.84 bits per heavy atom. The number of hydrogen-bond donors (Lipinski definition) is 1. The number of nitrogens with one attached hydrogen (secondary N) is 1. The Balaban J connectivity index is 2.14. The van der Waals surface area contributed by atoms with Gasteiger partial charge in [0.25, 0.3) is 0 Å². The summed E-state index contributed by atoms with van der Waals surface area (Å²) in [4.78, 5) is 2.44. The molecule has 1 fully saturated rings. The second-order valence-electron chi connectivity index (χ2n) is 5.43. The van der Waals surface area contributed by atoms with Crippen molar-refractivity contribution in [2.75, 3.05) is 24.5 Å². The van der Waals surface area contributed by atoms with Gasteiger partial charge >= 0.3 is 0 Å². The molecule has 1 aliphatic heterocycles. The van der Waals surface area contributed by atoms with Gasteiger partial charge in [-0.3, -0.25) is 0 Å². The molecule has 0 aliphatic carbocycles. The van der Waals surface area contributed by atoms with Gasteiger partial charge in [0, 0.05) is 28.6 Å². The van der Waals surface area contributed by atoms with E-state index in [0.29, 0.717) is 12.0 Å². The second-order valence-corrected chi connectivity index (χ2v) is 6.69. The number of halogens is 2. The van der Waals surface area contributed by atoms with Gasteiger partial charge in [-0.1, -0.05) is 25.4 Å². The summed E-state index contributed by atoms with van der Waals surface area (Å²) in [5.74, 6) is 0.653. The molecule has 1 aliphatic rings. The van der Waals surface area contributed by atoms with Crippen molar-refractivity contribution in [3.05, 3.63) is 27.2 Å². The van der Waals surface area contributed by atoms with Crippen LogP contribution in [0.1, 0.15) is 25.8 Å². The fourth-order valence-corrected chi connectivity index (χ4v) is 3.67. The molecule has 0 radical (unpaired) electrons. The molecular weight excluding hydrogens is 324 g/mol. The van der Waals surface area contributed by atoms with Crippen molar-refractivity contribution >= 4 is 33.2 Å². The van der Waals surface area contributed by atoms with Crippen molar-refractivity contribution in [3.8, 4) is 0 Å². The van der Waals surface area contributed by atoms with Crippen LogP contribution in [0.4, 0.5) is 5.69 Å². The van der Waals surface area contributed by atoms with Crippen LogP contribution in [-0.2, 0) is 0 Å². The van der Waals surface area contributed by atoms with E-state index in [1.807, 2.05) is 6.92 Å². The molecule has 1 N–H and O–H groups in total. The maximum absolute atomic E-state index is 6.26. The predicted molar refractivity (Wildman–Crippen MR) is 87.3 cm³/mol. The topological polar surface area (TPSA) is 15.3 Å². The molecule has 106 valence electrons. The van der Waals surface area contributed by atoms with Gasteiger partial charge in [-0.25, -0.2) is 0 Å². The van der Waals surface area contributed by atoms with E-state index in [4.69, 9.17) is 11.6 Å². The minimum Gasteiger partial charge on any atom is -0.370 e. The number of benzene rings is 1. The van der Waals surface area contributed by atoms with Crippen LogP contribution in [-0.4, -0.2) is 25.7 Å². The number of aryl methyl sites for hydroxylation is 1. The molecule has 19 heavy (non-hydrogen) atoms. The van der Waals surface area contributed by atoms with Crippen molar-refractivity contribution in [2.24, 2.45) is 5.92 Å². The van der Waals surface area contributed by atoms with Crippen LogP contribution < -0.4 is 10.2 Å². The van der Waals surface area contributed by atoms with Crippen molar-refractivity contribution in [2.45, 2.75) is 33.2 Å². The van der Waals surface area contributed by atoms with Crippen LogP contribution in [0.5, 0.6) is 0 Å². The fraction of sp³-hybridized carbons (Fsp3) is 0.600. The van der Waals surface area contributed by atoms with Gasteiger partial charge < -0.3 is 10.2 Å². The zero-order valence-electron chi connectivity index (χ0n) is 11.8. The third-order valence-electron chi connectivity index (χ3n) is 3.94. The third kappa shape index (κ3) is 3.45. The molecule has 2 atom stereocenters. The van der Waals surface area contributed by atoms with Gasteiger partial charge in [0.05, 0.1) is 5.69 Å². The molecule has 2 nitrogen and oxygen atoms in total. The van der Waals surface area contributed by atoms with Gasteiger partial charge in [0.2, 0.25) is 0 Å². The SMILES string of the molecule is CCNC1CCN(c2cc(Cl)c(C)cc2Br)CC1C. The second kappa shape index (κ2) is 6.47. The third-order valence-corrected chi connectivity index (χ3v) is 4.98. The van der Waals surface area contributed by atoms with Gasteiger partial charge in [0.1, 0.15) is 0 Å². The summed E-state index contributed by atoms with van der Waals surface area (Å²) in [6.45, 7) is 9.75. The molecule has 0 aromatic heterocycles. The Hall–Kier alpha value is -0.250. The summed E-state index contributed by atoms with van der Waals surface area (Å²) in [6.07, 6.45) is 1.19. The van der Waals surface area contributed by atoms with E-state index in [1.165, 1.54) is 12.1 Å². The van der Waals surface area contributed by atoms with E-state index >= 15 is 0 Å². The highest BCUT2D eigenvalue weighted by Gasteiger charge is 2.26. The first-order valence-electron chi connectivity index (χ1n) is 6.97. The standard InChI is InChI=1S/C15H22BrClN2/c1-4-18-14-5-6-19(9-11(14)3)15-8-13(17)10(2)7-12(15)16/h7-8,11,14,18H,4-6,9H2,1-3H3. The molecule has 4 heteroatoms. The lowest BCUT2D eigenvalue weighted by Crippen LogP contribution is -2.48. The molecular formula is C15H22BrClN2. The lowest BCUT2D eigenvalue weighted by atomic mass is 9.93. The van der Waals surface area contributed by atoms with E-state index in [0.717, 1.165) is 34.7 Å². The highest BCUT2D eigenvalue weighted by molar-refractivity contribution is 9.10. The van der Waals surface area contributed by atoms with Gasteiger partial charge in [-0.15, -0.1) is 0 Å². The molecule has 0 saturated carbocycles. The Morgan fingerprint density at radius 1 is 1.47 bits per heavy atom. The summed E-state index contributed by atoms with van der Waals surface area (Å²) >= 11 is 9.93. The van der Waals surface area contributed by atoms with Crippen LogP contribution in [0.15, 0.2) is 16.6 Å². The van der Waals surface area contributed by atoms with E-state index in [9.17, 15) is 0 Å². The van der Waals surface area contributed by atoms with Crippen molar-refractivity contribution in [1.82, 2.24) is 5.32 Å². The molecule has 0 spiro atoms. The first-order chi connectivity index (χ1) is 9.02. The first kappa shape index (κ1) is 15.1. The first-order valence-corrected chi connectivity index (χ1v) is 8.14. The number of hydrogen-bond acceptors (Lipinski definition) is 2. The van der Waals surface area contributed by atoms with Crippen LogP contribution in [0, 0.1) is 12.8 Å². The van der Waals surface area contributed by atoms with E-state index in [-0.39, 0.29) is 0 Å². The summed E-state index contributed by atoms with van der Waals surface area (Å²) in [5, 5.41) is 4.42. The minimum atomic E-state index is 0.640. The van der Waals surface area contributed by atoms with Crippen LogP contribution in [0.3, 0.4) is 0 Å². The molecule has 1 aromatic rings. The van der Waals surface area contributed by atoms with Gasteiger partial charge in [-0.05, 0) is 59.4 Å². The summed E-state index contributed by atoms with van der Waals surface area (Å²) in [6, 6.07) is 4.83. The monoisotopic (exact) mass is 344 g/mol. The summed E-state index contributed by atoms with van der Waals surface area (Å²) < 4.78 is 1.14. The molecule has 2 rings (SSSR count). The highest BCUT2D eigenvalue weighted by atomic mass is 79.9. The Bertz CT molecular complexity index is 450. The number of nitrogens with zero attached hydrogens (tertiary/aromatic N) is 1. The molecule has 1 saturated heterocycles. The van der Waals surface area contributed by atoms with Crippen LogP contribution in [0.25, 0.3) is 0 Å². The van der Waals surface area contributed by atoms with Crippen molar-refractivity contribution < 1.29 is 0 Å². The maximum atomic E-state index is 6.26. The molecule has 2 unspecified atom stereocenters. The van der Waals surface area contributed by atoms with E-state index in [2.05, 4.69) is 52.1 Å². The van der Waals surface area contributed by atoms with Crippen LogP contribution >= 0.6 is 27.5 Å². The Labute approximate surface area is 129 Å². The average molecular weight is 346 g/mol. The number of rotatable bonds is 3. The average Bonchev–Trinajstić information content (AvgIpc) is 2.36.